The molecule has 0 spiro atoms. The molecular weight excluding hydrogens is 462 g/mol. The van der Waals surface area contributed by atoms with Crippen LogP contribution in [0.3, 0.4) is 0 Å². The van der Waals surface area contributed by atoms with Gasteiger partial charge in [0, 0.05) is 18.3 Å². The zero-order valence-corrected chi connectivity index (χ0v) is 19.9. The third kappa shape index (κ3) is 5.22. The van der Waals surface area contributed by atoms with Crippen LogP contribution in [0.15, 0.2) is 34.9 Å². The molecule has 1 aromatic carbocycles. The summed E-state index contributed by atoms with van der Waals surface area (Å²) in [5, 5.41) is 11.6. The Morgan fingerprint density at radius 2 is 1.97 bits per heavy atom. The highest BCUT2D eigenvalue weighted by molar-refractivity contribution is 9.10. The molecule has 2 aromatic heterocycles. The molecule has 0 radical (unpaired) electrons. The lowest BCUT2D eigenvalue weighted by atomic mass is 10.1. The molecule has 164 valence electrons. The van der Waals surface area contributed by atoms with Crippen LogP contribution in [0, 0.1) is 13.8 Å². The van der Waals surface area contributed by atoms with Gasteiger partial charge in [-0.15, -0.1) is 0 Å². The number of esters is 1. The van der Waals surface area contributed by atoms with Gasteiger partial charge < -0.3 is 10.1 Å². The van der Waals surface area contributed by atoms with Gasteiger partial charge in [0.2, 0.25) is 0 Å². The number of ether oxygens (including phenoxy) is 1. The first-order valence-corrected chi connectivity index (χ1v) is 10.9. The normalized spacial score (nSPS) is 11.1. The van der Waals surface area contributed by atoms with Crippen molar-refractivity contribution in [2.24, 2.45) is 0 Å². The molecule has 0 aliphatic heterocycles. The predicted molar refractivity (Wildman–Crippen MR) is 121 cm³/mol. The van der Waals surface area contributed by atoms with E-state index in [1.165, 1.54) is 0 Å². The van der Waals surface area contributed by atoms with Crippen molar-refractivity contribution in [1.82, 2.24) is 19.6 Å². The van der Waals surface area contributed by atoms with Crippen LogP contribution in [0.4, 0.5) is 5.69 Å². The predicted octanol–water partition coefficient (Wildman–Crippen LogP) is 4.34. The Morgan fingerprint density at radius 3 is 2.58 bits per heavy atom. The van der Waals surface area contributed by atoms with E-state index in [4.69, 9.17) is 4.74 Å². The Hall–Kier alpha value is -2.94. The van der Waals surface area contributed by atoms with E-state index in [1.54, 1.807) is 30.8 Å². The van der Waals surface area contributed by atoms with Crippen LogP contribution in [0.2, 0.25) is 0 Å². The number of anilines is 1. The molecule has 0 aliphatic rings. The van der Waals surface area contributed by atoms with Crippen LogP contribution in [0.5, 0.6) is 0 Å². The first-order valence-electron chi connectivity index (χ1n) is 10.1. The summed E-state index contributed by atoms with van der Waals surface area (Å²) in [6, 6.07) is 7.32. The minimum absolute atomic E-state index is 0.0903. The zero-order chi connectivity index (χ0) is 22.7. The maximum absolute atomic E-state index is 12.9. The summed E-state index contributed by atoms with van der Waals surface area (Å²) in [7, 11) is 0. The zero-order valence-electron chi connectivity index (χ0n) is 18.3. The molecule has 1 amide bonds. The molecule has 1 N–H and O–H groups in total. The average Bonchev–Trinajstić information content (AvgIpc) is 3.24. The minimum atomic E-state index is -0.568. The first-order chi connectivity index (χ1) is 14.7. The fraction of sp³-hybridized carbons (Fsp3) is 0.364. The van der Waals surface area contributed by atoms with Crippen molar-refractivity contribution in [3.8, 4) is 0 Å². The number of amides is 1. The van der Waals surface area contributed by atoms with Crippen molar-refractivity contribution >= 4 is 33.5 Å². The Kier molecular flexibility index (Phi) is 6.94. The Morgan fingerprint density at radius 1 is 1.23 bits per heavy atom. The quantitative estimate of drug-likeness (QED) is 0.500. The number of nitrogens with zero attached hydrogens (tertiary/aromatic N) is 4. The molecule has 0 unspecified atom stereocenters. The average molecular weight is 488 g/mol. The Labute approximate surface area is 189 Å². The number of rotatable bonds is 7. The number of hydrogen-bond donors (Lipinski definition) is 1. The minimum Gasteiger partial charge on any atom is -0.458 e. The maximum Gasteiger partial charge on any atom is 0.361 e. The first kappa shape index (κ1) is 22.7. The molecule has 0 fully saturated rings. The molecule has 0 atom stereocenters. The van der Waals surface area contributed by atoms with Crippen LogP contribution < -0.4 is 5.32 Å². The third-order valence-electron chi connectivity index (χ3n) is 4.68. The molecule has 3 aromatic rings. The molecule has 9 heteroatoms. The molecular formula is C22H26BrN5O3. The van der Waals surface area contributed by atoms with Crippen molar-refractivity contribution in [2.45, 2.75) is 53.8 Å². The Bertz CT molecular complexity index is 1120. The highest BCUT2D eigenvalue weighted by Crippen LogP contribution is 2.21. The summed E-state index contributed by atoms with van der Waals surface area (Å²) in [6.45, 7) is 10.5. The number of carbonyl (C=O) groups is 2. The fourth-order valence-electron chi connectivity index (χ4n) is 3.10. The number of aryl methyl sites for hydroxylation is 2. The largest absolute Gasteiger partial charge is 0.458 e. The van der Waals surface area contributed by atoms with Gasteiger partial charge in [-0.2, -0.15) is 10.2 Å². The maximum atomic E-state index is 12.9. The second-order valence-corrected chi connectivity index (χ2v) is 8.29. The monoisotopic (exact) mass is 487 g/mol. The fourth-order valence-corrected chi connectivity index (χ4v) is 3.39. The standard InChI is InChI=1S/C22H26BrN5O3/c1-6-27-12-18(20(26-27)22(30)31-13(2)3)24-21(29)17-9-7-8-16(10-17)11-28-15(5)19(23)14(4)25-28/h7-10,12-13H,6,11H2,1-5H3,(H,24,29). The van der Waals surface area contributed by atoms with E-state index in [0.717, 1.165) is 21.4 Å². The van der Waals surface area contributed by atoms with Gasteiger partial charge in [0.05, 0.1) is 34.2 Å². The molecule has 31 heavy (non-hydrogen) atoms. The van der Waals surface area contributed by atoms with Gasteiger partial charge in [-0.25, -0.2) is 4.79 Å². The topological polar surface area (TPSA) is 91.0 Å². The van der Waals surface area contributed by atoms with E-state index in [9.17, 15) is 9.59 Å². The number of halogens is 1. The summed E-state index contributed by atoms with van der Waals surface area (Å²) in [5.41, 5.74) is 3.77. The SMILES string of the molecule is CCn1cc(NC(=O)c2cccc(Cn3nc(C)c(Br)c3C)c2)c(C(=O)OC(C)C)n1. The molecule has 2 heterocycles. The van der Waals surface area contributed by atoms with Gasteiger partial charge >= 0.3 is 5.97 Å². The van der Waals surface area contributed by atoms with Crippen LogP contribution in [0.1, 0.15) is 58.6 Å². The van der Waals surface area contributed by atoms with Gasteiger partial charge in [-0.1, -0.05) is 12.1 Å². The van der Waals surface area contributed by atoms with E-state index >= 15 is 0 Å². The molecule has 0 saturated heterocycles. The molecule has 0 saturated carbocycles. The van der Waals surface area contributed by atoms with E-state index in [-0.39, 0.29) is 17.7 Å². The van der Waals surface area contributed by atoms with E-state index in [0.29, 0.717) is 24.3 Å². The van der Waals surface area contributed by atoms with E-state index < -0.39 is 5.97 Å². The van der Waals surface area contributed by atoms with Gasteiger partial charge in [0.15, 0.2) is 5.69 Å². The summed E-state index contributed by atoms with van der Waals surface area (Å²) >= 11 is 3.54. The molecule has 8 nitrogen and oxygen atoms in total. The van der Waals surface area contributed by atoms with E-state index in [2.05, 4.69) is 31.4 Å². The lowest BCUT2D eigenvalue weighted by molar-refractivity contribution is 0.0371. The van der Waals surface area contributed by atoms with Crippen molar-refractivity contribution in [2.75, 3.05) is 5.32 Å². The van der Waals surface area contributed by atoms with E-state index in [1.807, 2.05) is 43.7 Å². The Balaban J connectivity index is 1.81. The number of aromatic nitrogens is 4. The lowest BCUT2D eigenvalue weighted by Crippen LogP contribution is -2.17. The highest BCUT2D eigenvalue weighted by Gasteiger charge is 2.21. The third-order valence-corrected chi connectivity index (χ3v) is 5.83. The van der Waals surface area contributed by atoms with Crippen molar-refractivity contribution in [1.29, 1.82) is 0 Å². The van der Waals surface area contributed by atoms with Crippen LogP contribution >= 0.6 is 15.9 Å². The summed E-state index contributed by atoms with van der Waals surface area (Å²) in [5.74, 6) is -0.896. The number of nitrogens with one attached hydrogen (secondary N) is 1. The van der Waals surface area contributed by atoms with Crippen molar-refractivity contribution < 1.29 is 14.3 Å². The molecule has 0 bridgehead atoms. The van der Waals surface area contributed by atoms with Crippen molar-refractivity contribution in [3.05, 3.63) is 63.1 Å². The second-order valence-electron chi connectivity index (χ2n) is 7.50. The molecule has 3 rings (SSSR count). The number of hydrogen-bond acceptors (Lipinski definition) is 5. The summed E-state index contributed by atoms with van der Waals surface area (Å²) in [6.07, 6.45) is 1.35. The second kappa shape index (κ2) is 9.47. The van der Waals surface area contributed by atoms with Gasteiger partial charge in [0.25, 0.3) is 5.91 Å². The summed E-state index contributed by atoms with van der Waals surface area (Å²) in [4.78, 5) is 25.3. The summed E-state index contributed by atoms with van der Waals surface area (Å²) < 4.78 is 9.71. The van der Waals surface area contributed by atoms with Crippen LogP contribution in [-0.4, -0.2) is 37.5 Å². The van der Waals surface area contributed by atoms with Crippen molar-refractivity contribution in [3.63, 3.8) is 0 Å². The number of carbonyl (C=O) groups excluding carboxylic acids is 2. The van der Waals surface area contributed by atoms with Gasteiger partial charge in [0.1, 0.15) is 0 Å². The van der Waals surface area contributed by atoms with Crippen LogP contribution in [0.25, 0.3) is 0 Å². The van der Waals surface area contributed by atoms with Gasteiger partial charge in [-0.3, -0.25) is 14.2 Å². The van der Waals surface area contributed by atoms with Gasteiger partial charge in [-0.05, 0) is 68.2 Å². The highest BCUT2D eigenvalue weighted by atomic mass is 79.9. The molecule has 0 aliphatic carbocycles. The number of benzene rings is 1. The van der Waals surface area contributed by atoms with Crippen LogP contribution in [-0.2, 0) is 17.8 Å². The lowest BCUT2D eigenvalue weighted by Gasteiger charge is -2.09. The smallest absolute Gasteiger partial charge is 0.361 e.